The van der Waals surface area contributed by atoms with Crippen LogP contribution in [0, 0.1) is 24.2 Å². The molecule has 0 heterocycles. The SMILES string of the molecule is C#CC(C)CC(CO)CO. The first-order chi connectivity index (χ1) is 4.74. The van der Waals surface area contributed by atoms with Crippen LogP contribution in [0.2, 0.25) is 0 Å². The quantitative estimate of drug-likeness (QED) is 0.552. The Balaban J connectivity index is 3.54. The lowest BCUT2D eigenvalue weighted by atomic mass is 9.98. The minimum atomic E-state index is -0.0500. The molecule has 0 aromatic carbocycles. The summed E-state index contributed by atoms with van der Waals surface area (Å²) in [6.45, 7) is 1.93. The molecule has 0 aromatic rings. The van der Waals surface area contributed by atoms with E-state index >= 15 is 0 Å². The van der Waals surface area contributed by atoms with Gasteiger partial charge in [0.1, 0.15) is 0 Å². The highest BCUT2D eigenvalue weighted by molar-refractivity contribution is 4.90. The summed E-state index contributed by atoms with van der Waals surface area (Å²) in [5.41, 5.74) is 0. The van der Waals surface area contributed by atoms with Gasteiger partial charge in [-0.3, -0.25) is 0 Å². The third-order valence-electron chi connectivity index (χ3n) is 1.49. The van der Waals surface area contributed by atoms with Crippen molar-refractivity contribution in [1.82, 2.24) is 0 Å². The van der Waals surface area contributed by atoms with Crippen LogP contribution in [0.15, 0.2) is 0 Å². The van der Waals surface area contributed by atoms with E-state index in [1.807, 2.05) is 6.92 Å². The smallest absolute Gasteiger partial charge is 0.0481 e. The van der Waals surface area contributed by atoms with Crippen LogP contribution in [0.25, 0.3) is 0 Å². The molecule has 10 heavy (non-hydrogen) atoms. The Labute approximate surface area is 61.9 Å². The summed E-state index contributed by atoms with van der Waals surface area (Å²) >= 11 is 0. The summed E-state index contributed by atoms with van der Waals surface area (Å²) in [4.78, 5) is 0. The number of hydrogen-bond acceptors (Lipinski definition) is 2. The number of terminal acetylenes is 1. The molecule has 0 rings (SSSR count). The summed E-state index contributed by atoms with van der Waals surface area (Å²) in [6.07, 6.45) is 5.81. The van der Waals surface area contributed by atoms with Crippen molar-refractivity contribution in [1.29, 1.82) is 0 Å². The minimum Gasteiger partial charge on any atom is -0.396 e. The molecule has 0 amide bonds. The van der Waals surface area contributed by atoms with Crippen LogP contribution in [0.1, 0.15) is 13.3 Å². The second-order valence-electron chi connectivity index (χ2n) is 2.53. The van der Waals surface area contributed by atoms with E-state index in [0.717, 1.165) is 0 Å². The average molecular weight is 142 g/mol. The van der Waals surface area contributed by atoms with Crippen molar-refractivity contribution in [3.63, 3.8) is 0 Å². The second-order valence-corrected chi connectivity index (χ2v) is 2.53. The van der Waals surface area contributed by atoms with E-state index in [0.29, 0.717) is 6.42 Å². The highest BCUT2D eigenvalue weighted by Gasteiger charge is 2.08. The maximum atomic E-state index is 8.64. The van der Waals surface area contributed by atoms with Crippen molar-refractivity contribution in [2.45, 2.75) is 13.3 Å². The van der Waals surface area contributed by atoms with Gasteiger partial charge in [0.25, 0.3) is 0 Å². The molecule has 0 saturated heterocycles. The lowest BCUT2D eigenvalue weighted by Crippen LogP contribution is -2.13. The normalized spacial score (nSPS) is 13.1. The Hall–Kier alpha value is -0.520. The van der Waals surface area contributed by atoms with E-state index in [1.165, 1.54) is 0 Å². The molecule has 0 aliphatic rings. The fourth-order valence-electron chi connectivity index (χ4n) is 0.775. The van der Waals surface area contributed by atoms with Gasteiger partial charge < -0.3 is 10.2 Å². The van der Waals surface area contributed by atoms with Crippen LogP contribution in [-0.4, -0.2) is 23.4 Å². The van der Waals surface area contributed by atoms with Crippen molar-refractivity contribution in [3.05, 3.63) is 0 Å². The second kappa shape index (κ2) is 5.28. The Kier molecular flexibility index (Phi) is 5.00. The molecule has 1 atom stereocenters. The van der Waals surface area contributed by atoms with E-state index < -0.39 is 0 Å². The Morgan fingerprint density at radius 1 is 1.40 bits per heavy atom. The third-order valence-corrected chi connectivity index (χ3v) is 1.49. The molecule has 2 heteroatoms. The molecule has 0 aliphatic carbocycles. The molecule has 0 fully saturated rings. The van der Waals surface area contributed by atoms with Crippen molar-refractivity contribution in [2.24, 2.45) is 11.8 Å². The first kappa shape index (κ1) is 9.48. The molecule has 0 spiro atoms. The number of rotatable bonds is 4. The van der Waals surface area contributed by atoms with Crippen LogP contribution >= 0.6 is 0 Å². The van der Waals surface area contributed by atoms with E-state index in [2.05, 4.69) is 5.92 Å². The lowest BCUT2D eigenvalue weighted by Gasteiger charge is -2.11. The first-order valence-corrected chi connectivity index (χ1v) is 3.42. The maximum absolute atomic E-state index is 8.64. The molecule has 0 aliphatic heterocycles. The van der Waals surface area contributed by atoms with Gasteiger partial charge >= 0.3 is 0 Å². The molecule has 0 radical (unpaired) electrons. The molecular formula is C8H14O2. The summed E-state index contributed by atoms with van der Waals surface area (Å²) in [6, 6.07) is 0. The summed E-state index contributed by atoms with van der Waals surface area (Å²) in [7, 11) is 0. The number of aliphatic hydroxyl groups excluding tert-OH is 2. The largest absolute Gasteiger partial charge is 0.396 e. The van der Waals surface area contributed by atoms with Crippen LogP contribution in [0.5, 0.6) is 0 Å². The Morgan fingerprint density at radius 2 is 1.90 bits per heavy atom. The summed E-state index contributed by atoms with van der Waals surface area (Å²) < 4.78 is 0. The van der Waals surface area contributed by atoms with Gasteiger partial charge in [0.15, 0.2) is 0 Å². The zero-order valence-electron chi connectivity index (χ0n) is 6.25. The van der Waals surface area contributed by atoms with E-state index in [1.54, 1.807) is 0 Å². The standard InChI is InChI=1S/C8H14O2/c1-3-7(2)4-8(5-9)6-10/h1,7-10H,4-6H2,2H3. The van der Waals surface area contributed by atoms with E-state index in [-0.39, 0.29) is 25.0 Å². The van der Waals surface area contributed by atoms with Crippen LogP contribution in [-0.2, 0) is 0 Å². The van der Waals surface area contributed by atoms with Gasteiger partial charge in [-0.2, -0.15) is 0 Å². The number of hydrogen-bond donors (Lipinski definition) is 2. The molecule has 0 aromatic heterocycles. The van der Waals surface area contributed by atoms with E-state index in [9.17, 15) is 0 Å². The predicted molar refractivity (Wildman–Crippen MR) is 40.3 cm³/mol. The predicted octanol–water partition coefficient (Wildman–Crippen LogP) is 0.247. The summed E-state index contributed by atoms with van der Waals surface area (Å²) in [5.74, 6) is 2.63. The zero-order valence-corrected chi connectivity index (χ0v) is 6.25. The van der Waals surface area contributed by atoms with Crippen molar-refractivity contribution >= 4 is 0 Å². The topological polar surface area (TPSA) is 40.5 Å². The molecule has 1 unspecified atom stereocenters. The highest BCUT2D eigenvalue weighted by Crippen LogP contribution is 2.09. The van der Waals surface area contributed by atoms with Gasteiger partial charge in [-0.1, -0.05) is 6.92 Å². The molecule has 0 saturated carbocycles. The molecular weight excluding hydrogens is 128 g/mol. The van der Waals surface area contributed by atoms with Crippen molar-refractivity contribution in [2.75, 3.05) is 13.2 Å². The van der Waals surface area contributed by atoms with Crippen LogP contribution in [0.4, 0.5) is 0 Å². The van der Waals surface area contributed by atoms with Gasteiger partial charge in [-0.25, -0.2) is 0 Å². The Bertz CT molecular complexity index is 111. The van der Waals surface area contributed by atoms with Gasteiger partial charge in [0.05, 0.1) is 0 Å². The number of aliphatic hydroxyl groups is 2. The maximum Gasteiger partial charge on any atom is 0.0481 e. The third kappa shape index (κ3) is 3.49. The zero-order chi connectivity index (χ0) is 7.98. The average Bonchev–Trinajstić information content (AvgIpc) is 1.99. The first-order valence-electron chi connectivity index (χ1n) is 3.42. The van der Waals surface area contributed by atoms with Gasteiger partial charge in [-0.05, 0) is 6.42 Å². The van der Waals surface area contributed by atoms with Gasteiger partial charge in [-0.15, -0.1) is 12.3 Å². The molecule has 0 bridgehead atoms. The fraction of sp³-hybridized carbons (Fsp3) is 0.750. The minimum absolute atomic E-state index is 0.0164. The van der Waals surface area contributed by atoms with Gasteiger partial charge in [0, 0.05) is 25.0 Å². The highest BCUT2D eigenvalue weighted by atomic mass is 16.3. The molecule has 2 nitrogen and oxygen atoms in total. The lowest BCUT2D eigenvalue weighted by molar-refractivity contribution is 0.137. The fourth-order valence-corrected chi connectivity index (χ4v) is 0.775. The van der Waals surface area contributed by atoms with E-state index in [4.69, 9.17) is 16.6 Å². The summed E-state index contributed by atoms with van der Waals surface area (Å²) in [5, 5.41) is 17.3. The molecule has 2 N–H and O–H groups in total. The van der Waals surface area contributed by atoms with Crippen LogP contribution < -0.4 is 0 Å². The molecule has 58 valence electrons. The van der Waals surface area contributed by atoms with Crippen molar-refractivity contribution < 1.29 is 10.2 Å². The van der Waals surface area contributed by atoms with Gasteiger partial charge in [0.2, 0.25) is 0 Å². The van der Waals surface area contributed by atoms with Crippen LogP contribution in [0.3, 0.4) is 0 Å². The monoisotopic (exact) mass is 142 g/mol. The Morgan fingerprint density at radius 3 is 2.20 bits per heavy atom. The van der Waals surface area contributed by atoms with Crippen molar-refractivity contribution in [3.8, 4) is 12.3 Å².